The second-order valence-electron chi connectivity index (χ2n) is 5.76. The molecule has 1 aliphatic carbocycles. The highest BCUT2D eigenvalue weighted by Crippen LogP contribution is 2.16. The Kier molecular flexibility index (Phi) is 8.05. The molecule has 2 aromatic rings. The number of nitrogens with two attached hydrogens (primary N) is 1. The molecule has 3 rings (SSSR count). The van der Waals surface area contributed by atoms with Crippen LogP contribution in [0, 0.1) is 13.8 Å². The Morgan fingerprint density at radius 3 is 2.57 bits per heavy atom. The normalized spacial score (nSPS) is 15.0. The minimum atomic E-state index is 0.792. The van der Waals surface area contributed by atoms with Gasteiger partial charge >= 0.3 is 0 Å². The first-order valence-corrected chi connectivity index (χ1v) is 8.85. The molecule has 8 heteroatoms. The fourth-order valence-corrected chi connectivity index (χ4v) is 2.31. The molecule has 2 heterocycles. The van der Waals surface area contributed by atoms with Gasteiger partial charge in [0.2, 0.25) is 0 Å². The number of halogens is 1. The van der Waals surface area contributed by atoms with Crippen molar-refractivity contribution in [2.45, 2.75) is 20.3 Å². The Hall–Kier alpha value is -3.32. The number of aromatic nitrogens is 3. The molecule has 0 aliphatic heterocycles. The van der Waals surface area contributed by atoms with E-state index in [9.17, 15) is 0 Å². The highest BCUT2D eigenvalue weighted by atomic mass is 35.5. The Bertz CT molecular complexity index is 947. The summed E-state index contributed by atoms with van der Waals surface area (Å²) in [6.07, 6.45) is 14.5. The van der Waals surface area contributed by atoms with Crippen molar-refractivity contribution in [3.8, 4) is 5.82 Å². The Morgan fingerprint density at radius 2 is 2.04 bits per heavy atom. The molecule has 0 bridgehead atoms. The second kappa shape index (κ2) is 10.7. The predicted molar refractivity (Wildman–Crippen MR) is 116 cm³/mol. The molecule has 0 fully saturated rings. The summed E-state index contributed by atoms with van der Waals surface area (Å²) in [5.41, 5.74) is 9.31. The third-order valence-corrected chi connectivity index (χ3v) is 4.16. The number of rotatable bonds is 4. The van der Waals surface area contributed by atoms with Gasteiger partial charge in [-0.2, -0.15) is 5.10 Å². The number of nitrogens with zero attached hydrogens (tertiary/aromatic N) is 6. The monoisotopic (exact) mass is 395 g/mol. The SMILES string of the molecule is C=N/C=N\N=C\c1ccc(-n2cnc(C)c2C)nc1.N/C=C1\C=CC(Cl)=CC1. The van der Waals surface area contributed by atoms with Gasteiger partial charge in [-0.3, -0.25) is 9.56 Å². The summed E-state index contributed by atoms with van der Waals surface area (Å²) in [5.74, 6) is 0.825. The molecule has 7 nitrogen and oxygen atoms in total. The minimum Gasteiger partial charge on any atom is -0.404 e. The van der Waals surface area contributed by atoms with Gasteiger partial charge in [0, 0.05) is 22.5 Å². The molecule has 28 heavy (non-hydrogen) atoms. The van der Waals surface area contributed by atoms with Crippen molar-refractivity contribution in [1.29, 1.82) is 0 Å². The van der Waals surface area contributed by atoms with Crippen LogP contribution >= 0.6 is 11.6 Å². The molecule has 0 saturated heterocycles. The molecule has 0 amide bonds. The van der Waals surface area contributed by atoms with Crippen molar-refractivity contribution < 1.29 is 0 Å². The fourth-order valence-electron chi connectivity index (χ4n) is 2.17. The van der Waals surface area contributed by atoms with Crippen molar-refractivity contribution in [2.24, 2.45) is 20.9 Å². The molecule has 0 saturated carbocycles. The van der Waals surface area contributed by atoms with Crippen LogP contribution in [0.15, 0.2) is 74.9 Å². The molecule has 0 spiro atoms. The van der Waals surface area contributed by atoms with E-state index in [2.05, 4.69) is 31.9 Å². The second-order valence-corrected chi connectivity index (χ2v) is 6.20. The van der Waals surface area contributed by atoms with Crippen LogP contribution in [0.4, 0.5) is 0 Å². The molecule has 0 atom stereocenters. The maximum atomic E-state index is 5.65. The molecular formula is C20H22ClN7. The Labute approximate surface area is 169 Å². The summed E-state index contributed by atoms with van der Waals surface area (Å²) in [7, 11) is 0. The molecule has 2 aromatic heterocycles. The average Bonchev–Trinajstić information content (AvgIpc) is 3.06. The van der Waals surface area contributed by atoms with Crippen LogP contribution in [-0.4, -0.2) is 33.8 Å². The Balaban J connectivity index is 0.000000261. The van der Waals surface area contributed by atoms with E-state index in [1.54, 1.807) is 24.9 Å². The van der Waals surface area contributed by atoms with Gasteiger partial charge in [0.1, 0.15) is 18.5 Å². The quantitative estimate of drug-likeness (QED) is 0.483. The summed E-state index contributed by atoms with van der Waals surface area (Å²) in [5, 5.41) is 8.25. The standard InChI is InChI=1S/C13H14N6.C7H8ClN/c1-10-11(2)19(9-16-10)13-5-4-12(6-15-13)7-17-18-8-14-3;8-7-3-1-6(5-9)2-4-7/h4-9H,3H2,1-2H3;1,3-5H,2,9H2/b17-7+,18-8-;6-5+. The highest BCUT2D eigenvalue weighted by Gasteiger charge is 2.04. The zero-order valence-corrected chi connectivity index (χ0v) is 16.6. The van der Waals surface area contributed by atoms with E-state index in [0.717, 1.165) is 39.8 Å². The maximum absolute atomic E-state index is 5.65. The maximum Gasteiger partial charge on any atom is 0.138 e. The van der Waals surface area contributed by atoms with E-state index < -0.39 is 0 Å². The number of pyridine rings is 1. The van der Waals surface area contributed by atoms with Crippen LogP contribution in [0.3, 0.4) is 0 Å². The highest BCUT2D eigenvalue weighted by molar-refractivity contribution is 6.31. The summed E-state index contributed by atoms with van der Waals surface area (Å²) in [4.78, 5) is 12.1. The number of aliphatic imine (C=N–C) groups is 1. The fraction of sp³-hybridized carbons (Fsp3) is 0.150. The predicted octanol–water partition coefficient (Wildman–Crippen LogP) is 3.86. The van der Waals surface area contributed by atoms with Crippen molar-refractivity contribution in [1.82, 2.24) is 14.5 Å². The van der Waals surface area contributed by atoms with Gasteiger partial charge in [0.15, 0.2) is 0 Å². The molecule has 144 valence electrons. The lowest BCUT2D eigenvalue weighted by molar-refractivity contribution is 0.950. The third-order valence-electron chi connectivity index (χ3n) is 3.88. The molecule has 2 N–H and O–H groups in total. The summed E-state index contributed by atoms with van der Waals surface area (Å²) in [6, 6.07) is 3.82. The minimum absolute atomic E-state index is 0.792. The molecule has 0 aromatic carbocycles. The first-order chi connectivity index (χ1) is 13.5. The van der Waals surface area contributed by atoms with Gasteiger partial charge in [0.05, 0.1) is 11.9 Å². The summed E-state index contributed by atoms with van der Waals surface area (Å²) in [6.45, 7) is 7.25. The van der Waals surface area contributed by atoms with E-state index >= 15 is 0 Å². The molecule has 1 aliphatic rings. The summed E-state index contributed by atoms with van der Waals surface area (Å²) >= 11 is 5.65. The van der Waals surface area contributed by atoms with Crippen LogP contribution in [0.2, 0.25) is 0 Å². The lowest BCUT2D eigenvalue weighted by Crippen LogP contribution is -1.98. The van der Waals surface area contributed by atoms with E-state index in [1.807, 2.05) is 48.8 Å². The third kappa shape index (κ3) is 6.14. The van der Waals surface area contributed by atoms with Gasteiger partial charge < -0.3 is 5.73 Å². The molecule has 0 unspecified atom stereocenters. The van der Waals surface area contributed by atoms with Gasteiger partial charge in [-0.15, -0.1) is 5.10 Å². The number of allylic oxidation sites excluding steroid dienone is 5. The largest absolute Gasteiger partial charge is 0.404 e. The number of aryl methyl sites for hydroxylation is 1. The Morgan fingerprint density at radius 1 is 1.21 bits per heavy atom. The van der Waals surface area contributed by atoms with E-state index in [1.165, 1.54) is 6.34 Å². The van der Waals surface area contributed by atoms with Crippen LogP contribution < -0.4 is 5.73 Å². The smallest absolute Gasteiger partial charge is 0.138 e. The molecule has 0 radical (unpaired) electrons. The number of hydrogen-bond acceptors (Lipinski definition) is 5. The van der Waals surface area contributed by atoms with Crippen LogP contribution in [-0.2, 0) is 0 Å². The lowest BCUT2D eigenvalue weighted by atomic mass is 10.1. The lowest BCUT2D eigenvalue weighted by Gasteiger charge is -2.04. The first-order valence-electron chi connectivity index (χ1n) is 8.47. The van der Waals surface area contributed by atoms with Crippen LogP contribution in [0.1, 0.15) is 23.4 Å². The van der Waals surface area contributed by atoms with Gasteiger partial charge in [-0.25, -0.2) is 9.97 Å². The average molecular weight is 396 g/mol. The number of hydrogen-bond donors (Lipinski definition) is 1. The molecular weight excluding hydrogens is 374 g/mol. The van der Waals surface area contributed by atoms with Crippen LogP contribution in [0.5, 0.6) is 0 Å². The van der Waals surface area contributed by atoms with Crippen molar-refractivity contribution >= 4 is 30.9 Å². The van der Waals surface area contributed by atoms with Gasteiger partial charge in [0.25, 0.3) is 0 Å². The van der Waals surface area contributed by atoms with E-state index in [4.69, 9.17) is 17.3 Å². The van der Waals surface area contributed by atoms with E-state index in [0.29, 0.717) is 0 Å². The van der Waals surface area contributed by atoms with E-state index in [-0.39, 0.29) is 0 Å². The van der Waals surface area contributed by atoms with Crippen molar-refractivity contribution in [2.75, 3.05) is 0 Å². The van der Waals surface area contributed by atoms with Gasteiger partial charge in [-0.05, 0) is 57.0 Å². The zero-order valence-electron chi connectivity index (χ0n) is 15.8. The first kappa shape index (κ1) is 21.0. The van der Waals surface area contributed by atoms with Crippen molar-refractivity contribution in [3.05, 3.63) is 76.6 Å². The van der Waals surface area contributed by atoms with Gasteiger partial charge in [-0.1, -0.05) is 23.8 Å². The zero-order chi connectivity index (χ0) is 20.4. The number of imidazole rings is 1. The summed E-state index contributed by atoms with van der Waals surface area (Å²) < 4.78 is 1.94. The topological polar surface area (TPSA) is 93.8 Å². The van der Waals surface area contributed by atoms with Crippen LogP contribution in [0.25, 0.3) is 5.82 Å². The van der Waals surface area contributed by atoms with Crippen molar-refractivity contribution in [3.63, 3.8) is 0 Å².